The first kappa shape index (κ1) is 11.5. The fourth-order valence-corrected chi connectivity index (χ4v) is 3.30. The number of fused-ring (bicyclic) bond motifs is 3. The van der Waals surface area contributed by atoms with E-state index in [2.05, 4.69) is 10.2 Å². The Morgan fingerprint density at radius 1 is 1.29 bits per heavy atom. The standard InChI is InChI=1S/C13H23N3O/c14-11(9-1-2-9)7-13(17)15-12-8-16-5-3-10(12)4-6-16/h9-12H,1-8,14H2,(H,15,17). The highest BCUT2D eigenvalue weighted by atomic mass is 16.1. The summed E-state index contributed by atoms with van der Waals surface area (Å²) in [6.45, 7) is 3.49. The second kappa shape index (κ2) is 4.58. The van der Waals surface area contributed by atoms with Crippen molar-refractivity contribution in [3.63, 3.8) is 0 Å². The molecule has 0 aromatic carbocycles. The van der Waals surface area contributed by atoms with Gasteiger partial charge in [-0.05, 0) is 50.6 Å². The van der Waals surface area contributed by atoms with E-state index in [1.54, 1.807) is 0 Å². The Kier molecular flexibility index (Phi) is 3.09. The largest absolute Gasteiger partial charge is 0.352 e. The van der Waals surface area contributed by atoms with Crippen LogP contribution in [0.5, 0.6) is 0 Å². The second-order valence-corrected chi connectivity index (χ2v) is 6.02. The van der Waals surface area contributed by atoms with Crippen LogP contribution in [0.2, 0.25) is 0 Å². The third kappa shape index (κ3) is 2.63. The van der Waals surface area contributed by atoms with Crippen molar-refractivity contribution in [1.82, 2.24) is 10.2 Å². The molecule has 1 saturated carbocycles. The monoisotopic (exact) mass is 237 g/mol. The number of nitrogens with one attached hydrogen (secondary N) is 1. The number of hydrogen-bond donors (Lipinski definition) is 2. The van der Waals surface area contributed by atoms with Gasteiger partial charge in [-0.25, -0.2) is 0 Å². The Balaban J connectivity index is 1.47. The van der Waals surface area contributed by atoms with Gasteiger partial charge in [0.15, 0.2) is 0 Å². The molecular weight excluding hydrogens is 214 g/mol. The predicted molar refractivity (Wildman–Crippen MR) is 66.4 cm³/mol. The topological polar surface area (TPSA) is 58.4 Å². The average Bonchev–Trinajstić information content (AvgIpc) is 3.14. The zero-order valence-electron chi connectivity index (χ0n) is 10.4. The van der Waals surface area contributed by atoms with E-state index in [1.807, 2.05) is 0 Å². The third-order valence-electron chi connectivity index (χ3n) is 4.65. The number of piperidine rings is 3. The first-order valence-corrected chi connectivity index (χ1v) is 6.99. The number of hydrogen-bond acceptors (Lipinski definition) is 3. The van der Waals surface area contributed by atoms with Crippen LogP contribution in [0.1, 0.15) is 32.1 Å². The van der Waals surface area contributed by atoms with Gasteiger partial charge in [0.2, 0.25) is 5.91 Å². The van der Waals surface area contributed by atoms with Gasteiger partial charge >= 0.3 is 0 Å². The van der Waals surface area contributed by atoms with Crippen LogP contribution >= 0.6 is 0 Å². The van der Waals surface area contributed by atoms with Crippen LogP contribution in [0.25, 0.3) is 0 Å². The summed E-state index contributed by atoms with van der Waals surface area (Å²) in [5.41, 5.74) is 5.99. The third-order valence-corrected chi connectivity index (χ3v) is 4.65. The summed E-state index contributed by atoms with van der Waals surface area (Å²) in [4.78, 5) is 14.4. The summed E-state index contributed by atoms with van der Waals surface area (Å²) in [6.07, 6.45) is 5.45. The summed E-state index contributed by atoms with van der Waals surface area (Å²) in [6, 6.07) is 0.479. The van der Waals surface area contributed by atoms with Crippen molar-refractivity contribution in [2.24, 2.45) is 17.6 Å². The highest BCUT2D eigenvalue weighted by molar-refractivity contribution is 5.77. The van der Waals surface area contributed by atoms with Crippen molar-refractivity contribution in [2.75, 3.05) is 19.6 Å². The number of carbonyl (C=O) groups excluding carboxylic acids is 1. The molecular formula is C13H23N3O. The summed E-state index contributed by atoms with van der Waals surface area (Å²) in [5, 5.41) is 3.20. The molecule has 3 N–H and O–H groups in total. The SMILES string of the molecule is NC(CC(=O)NC1CN2CCC1CC2)C1CC1. The molecule has 4 aliphatic rings. The first-order chi connectivity index (χ1) is 8.22. The Morgan fingerprint density at radius 3 is 2.53 bits per heavy atom. The summed E-state index contributed by atoms with van der Waals surface area (Å²) >= 11 is 0. The van der Waals surface area contributed by atoms with Gasteiger partial charge in [-0.3, -0.25) is 4.79 Å². The quantitative estimate of drug-likeness (QED) is 0.740. The van der Waals surface area contributed by atoms with Crippen LogP contribution in [0.4, 0.5) is 0 Å². The van der Waals surface area contributed by atoms with Crippen molar-refractivity contribution in [3.05, 3.63) is 0 Å². The van der Waals surface area contributed by atoms with Crippen LogP contribution < -0.4 is 11.1 Å². The normalized spacial score (nSPS) is 37.8. The molecule has 2 atom stereocenters. The van der Waals surface area contributed by atoms with E-state index in [-0.39, 0.29) is 11.9 Å². The van der Waals surface area contributed by atoms with Crippen molar-refractivity contribution in [2.45, 2.75) is 44.2 Å². The summed E-state index contributed by atoms with van der Waals surface area (Å²) < 4.78 is 0. The molecule has 1 amide bonds. The van der Waals surface area contributed by atoms with Crippen molar-refractivity contribution < 1.29 is 4.79 Å². The number of nitrogens with two attached hydrogens (primary N) is 1. The van der Waals surface area contributed by atoms with Gasteiger partial charge in [-0.1, -0.05) is 0 Å². The van der Waals surface area contributed by atoms with E-state index >= 15 is 0 Å². The minimum Gasteiger partial charge on any atom is -0.352 e. The van der Waals surface area contributed by atoms with Crippen LogP contribution in [0, 0.1) is 11.8 Å². The van der Waals surface area contributed by atoms with E-state index in [4.69, 9.17) is 5.73 Å². The minimum atomic E-state index is 0.0936. The summed E-state index contributed by atoms with van der Waals surface area (Å²) in [7, 11) is 0. The van der Waals surface area contributed by atoms with Gasteiger partial charge in [0.1, 0.15) is 0 Å². The van der Waals surface area contributed by atoms with E-state index in [0.717, 1.165) is 6.54 Å². The van der Waals surface area contributed by atoms with E-state index in [9.17, 15) is 4.79 Å². The Labute approximate surface area is 103 Å². The molecule has 0 spiro atoms. The highest BCUT2D eigenvalue weighted by Gasteiger charge is 2.36. The molecule has 2 unspecified atom stereocenters. The molecule has 4 heteroatoms. The summed E-state index contributed by atoms with van der Waals surface area (Å²) in [5.74, 6) is 1.50. The van der Waals surface area contributed by atoms with E-state index in [1.165, 1.54) is 38.8 Å². The van der Waals surface area contributed by atoms with Gasteiger partial charge in [0, 0.05) is 25.0 Å². The molecule has 3 heterocycles. The molecule has 0 radical (unpaired) electrons. The van der Waals surface area contributed by atoms with Crippen LogP contribution in [-0.2, 0) is 4.79 Å². The lowest BCUT2D eigenvalue weighted by molar-refractivity contribution is -0.123. The Hall–Kier alpha value is -0.610. The van der Waals surface area contributed by atoms with Gasteiger partial charge in [-0.2, -0.15) is 0 Å². The number of rotatable bonds is 4. The number of amides is 1. The average molecular weight is 237 g/mol. The van der Waals surface area contributed by atoms with Crippen LogP contribution in [-0.4, -0.2) is 42.5 Å². The lowest BCUT2D eigenvalue weighted by Crippen LogP contribution is -2.57. The van der Waals surface area contributed by atoms with Crippen molar-refractivity contribution >= 4 is 5.91 Å². The zero-order valence-corrected chi connectivity index (χ0v) is 10.4. The molecule has 0 aromatic heterocycles. The first-order valence-electron chi connectivity index (χ1n) is 6.99. The van der Waals surface area contributed by atoms with Crippen molar-refractivity contribution in [3.8, 4) is 0 Å². The van der Waals surface area contributed by atoms with Gasteiger partial charge in [0.25, 0.3) is 0 Å². The maximum absolute atomic E-state index is 11.9. The maximum atomic E-state index is 11.9. The molecule has 17 heavy (non-hydrogen) atoms. The van der Waals surface area contributed by atoms with Crippen LogP contribution in [0.3, 0.4) is 0 Å². The van der Waals surface area contributed by atoms with Crippen molar-refractivity contribution in [1.29, 1.82) is 0 Å². The van der Waals surface area contributed by atoms with E-state index < -0.39 is 0 Å². The van der Waals surface area contributed by atoms with Gasteiger partial charge < -0.3 is 16.0 Å². The molecule has 4 fully saturated rings. The Morgan fingerprint density at radius 2 is 2.00 bits per heavy atom. The number of carbonyl (C=O) groups is 1. The minimum absolute atomic E-state index is 0.0936. The van der Waals surface area contributed by atoms with Crippen LogP contribution in [0.15, 0.2) is 0 Å². The molecule has 3 aliphatic heterocycles. The molecule has 4 nitrogen and oxygen atoms in total. The fraction of sp³-hybridized carbons (Fsp3) is 0.923. The fourth-order valence-electron chi connectivity index (χ4n) is 3.30. The predicted octanol–water partition coefficient (Wildman–Crippen LogP) is 0.324. The lowest BCUT2D eigenvalue weighted by Gasteiger charge is -2.45. The van der Waals surface area contributed by atoms with Gasteiger partial charge in [-0.15, -0.1) is 0 Å². The molecule has 0 aromatic rings. The molecule has 4 rings (SSSR count). The number of nitrogens with zero attached hydrogens (tertiary/aromatic N) is 1. The van der Waals surface area contributed by atoms with E-state index in [0.29, 0.717) is 24.3 Å². The lowest BCUT2D eigenvalue weighted by atomic mass is 9.84. The molecule has 3 saturated heterocycles. The molecule has 96 valence electrons. The highest BCUT2D eigenvalue weighted by Crippen LogP contribution is 2.33. The van der Waals surface area contributed by atoms with Gasteiger partial charge in [0.05, 0.1) is 0 Å². The zero-order chi connectivity index (χ0) is 11.8. The maximum Gasteiger partial charge on any atom is 0.221 e. The molecule has 2 bridgehead atoms. The Bertz CT molecular complexity index is 295. The molecule has 1 aliphatic carbocycles. The second-order valence-electron chi connectivity index (χ2n) is 6.02. The smallest absolute Gasteiger partial charge is 0.221 e.